The summed E-state index contributed by atoms with van der Waals surface area (Å²) < 4.78 is 6.67. The number of para-hydroxylation sites is 1. The maximum Gasteiger partial charge on any atom is 0.228 e. The van der Waals surface area contributed by atoms with Crippen molar-refractivity contribution >= 4 is 39.1 Å². The minimum Gasteiger partial charge on any atom is -0.495 e. The Hall–Kier alpha value is -2.93. The van der Waals surface area contributed by atoms with Crippen LogP contribution in [0.3, 0.4) is 0 Å². The molecule has 0 bridgehead atoms. The summed E-state index contributed by atoms with van der Waals surface area (Å²) in [6, 6.07) is 14.0. The maximum atomic E-state index is 13.2. The lowest BCUT2D eigenvalue weighted by Crippen LogP contribution is -2.42. The molecule has 2 aliphatic rings. The zero-order chi connectivity index (χ0) is 22.2. The average molecular weight is 450 g/mol. The molecule has 3 aromatic rings. The van der Waals surface area contributed by atoms with Crippen molar-refractivity contribution in [2.45, 2.75) is 32.1 Å². The van der Waals surface area contributed by atoms with Crippen LogP contribution in [0.4, 0.5) is 5.69 Å². The van der Waals surface area contributed by atoms with Crippen molar-refractivity contribution < 1.29 is 14.3 Å². The molecule has 32 heavy (non-hydrogen) atoms. The fourth-order valence-corrected chi connectivity index (χ4v) is 5.92. The van der Waals surface area contributed by atoms with Crippen molar-refractivity contribution in [3.63, 3.8) is 0 Å². The van der Waals surface area contributed by atoms with Crippen molar-refractivity contribution in [3.05, 3.63) is 53.0 Å². The van der Waals surface area contributed by atoms with Crippen molar-refractivity contribution in [1.82, 2.24) is 9.88 Å². The largest absolute Gasteiger partial charge is 0.495 e. The number of carbonyl (C=O) groups excluding carboxylic acids is 2. The normalized spacial score (nSPS) is 19.7. The number of benzene rings is 2. The molecular formula is C25H27N3O3S. The molecule has 166 valence electrons. The minimum atomic E-state index is -0.299. The molecule has 7 heteroatoms. The van der Waals surface area contributed by atoms with Gasteiger partial charge >= 0.3 is 0 Å². The quantitative estimate of drug-likeness (QED) is 0.593. The lowest BCUT2D eigenvalue weighted by Gasteiger charge is -2.32. The van der Waals surface area contributed by atoms with E-state index >= 15 is 0 Å². The first-order chi connectivity index (χ1) is 15.5. The van der Waals surface area contributed by atoms with Crippen LogP contribution < -0.4 is 9.64 Å². The number of hydrogen-bond acceptors (Lipinski definition) is 5. The zero-order valence-electron chi connectivity index (χ0n) is 18.4. The number of thiazole rings is 1. The molecule has 1 aromatic heterocycles. The van der Waals surface area contributed by atoms with Crippen LogP contribution in [0.25, 0.3) is 10.2 Å². The summed E-state index contributed by atoms with van der Waals surface area (Å²) in [7, 11) is 1.60. The predicted octanol–water partition coefficient (Wildman–Crippen LogP) is 4.37. The van der Waals surface area contributed by atoms with E-state index in [4.69, 9.17) is 9.72 Å². The Morgan fingerprint density at radius 1 is 1.16 bits per heavy atom. The number of nitrogens with zero attached hydrogens (tertiary/aromatic N) is 3. The van der Waals surface area contributed by atoms with Gasteiger partial charge in [-0.2, -0.15) is 0 Å². The number of rotatable bonds is 4. The molecule has 2 fully saturated rings. The Balaban J connectivity index is 1.24. The van der Waals surface area contributed by atoms with Crippen molar-refractivity contribution in [3.8, 4) is 5.75 Å². The molecule has 3 heterocycles. The van der Waals surface area contributed by atoms with Crippen LogP contribution in [0, 0.1) is 12.8 Å². The molecule has 2 saturated heterocycles. The second kappa shape index (κ2) is 8.54. The second-order valence-electron chi connectivity index (χ2n) is 8.70. The van der Waals surface area contributed by atoms with E-state index in [1.54, 1.807) is 23.3 Å². The third-order valence-corrected chi connectivity index (χ3v) is 7.76. The van der Waals surface area contributed by atoms with Crippen LogP contribution in [0.5, 0.6) is 5.75 Å². The van der Waals surface area contributed by atoms with E-state index in [-0.39, 0.29) is 24.2 Å². The first kappa shape index (κ1) is 20.9. The van der Waals surface area contributed by atoms with Gasteiger partial charge in [0, 0.05) is 32.0 Å². The Labute approximate surface area is 191 Å². The SMILES string of the molecule is COc1ccc(C)cc1N1CC(C(=O)N2CCC(c3nc4ccccc4s3)CC2)CC1=O. The van der Waals surface area contributed by atoms with E-state index in [1.807, 2.05) is 42.2 Å². The first-order valence-electron chi connectivity index (χ1n) is 11.1. The Bertz CT molecular complexity index is 1130. The number of aryl methyl sites for hydroxylation is 1. The molecule has 0 saturated carbocycles. The van der Waals surface area contributed by atoms with Gasteiger partial charge in [-0.05, 0) is 49.6 Å². The van der Waals surface area contributed by atoms with Crippen LogP contribution in [0.2, 0.25) is 0 Å². The molecule has 1 atom stereocenters. The zero-order valence-corrected chi connectivity index (χ0v) is 19.2. The molecule has 0 N–H and O–H groups in total. The number of likely N-dealkylation sites (tertiary alicyclic amines) is 1. The highest BCUT2D eigenvalue weighted by molar-refractivity contribution is 7.18. The van der Waals surface area contributed by atoms with E-state index in [0.29, 0.717) is 18.2 Å². The minimum absolute atomic E-state index is 0.0170. The predicted molar refractivity (Wildman–Crippen MR) is 126 cm³/mol. The Morgan fingerprint density at radius 3 is 2.69 bits per heavy atom. The highest BCUT2D eigenvalue weighted by Crippen LogP contribution is 2.36. The lowest BCUT2D eigenvalue weighted by molar-refractivity contribution is -0.136. The monoisotopic (exact) mass is 449 g/mol. The third-order valence-electron chi connectivity index (χ3n) is 6.57. The maximum absolute atomic E-state index is 13.2. The third kappa shape index (κ3) is 3.86. The molecule has 5 rings (SSSR count). The number of amides is 2. The molecule has 0 radical (unpaired) electrons. The average Bonchev–Trinajstić information content (AvgIpc) is 3.42. The van der Waals surface area contributed by atoms with E-state index in [9.17, 15) is 9.59 Å². The van der Waals surface area contributed by atoms with Gasteiger partial charge < -0.3 is 14.5 Å². The van der Waals surface area contributed by atoms with E-state index in [1.165, 1.54) is 9.71 Å². The number of fused-ring (bicyclic) bond motifs is 1. The number of aromatic nitrogens is 1. The van der Waals surface area contributed by atoms with E-state index in [2.05, 4.69) is 12.1 Å². The summed E-state index contributed by atoms with van der Waals surface area (Å²) in [5.74, 6) is 0.835. The van der Waals surface area contributed by atoms with Gasteiger partial charge in [0.2, 0.25) is 11.8 Å². The molecule has 2 aromatic carbocycles. The van der Waals surface area contributed by atoms with Crippen LogP contribution in [0.15, 0.2) is 42.5 Å². The Kier molecular flexibility index (Phi) is 5.59. The van der Waals surface area contributed by atoms with Crippen LogP contribution >= 0.6 is 11.3 Å². The van der Waals surface area contributed by atoms with Gasteiger partial charge in [0.15, 0.2) is 0 Å². The summed E-state index contributed by atoms with van der Waals surface area (Å²) in [5, 5.41) is 1.17. The number of methoxy groups -OCH3 is 1. The second-order valence-corrected chi connectivity index (χ2v) is 9.76. The fourth-order valence-electron chi connectivity index (χ4n) is 4.79. The summed E-state index contributed by atoms with van der Waals surface area (Å²) in [4.78, 5) is 34.5. The molecule has 6 nitrogen and oxygen atoms in total. The van der Waals surface area contributed by atoms with E-state index < -0.39 is 0 Å². The molecule has 1 unspecified atom stereocenters. The fraction of sp³-hybridized carbons (Fsp3) is 0.400. The highest BCUT2D eigenvalue weighted by Gasteiger charge is 2.39. The number of ether oxygens (including phenoxy) is 1. The standard InChI is InChI=1S/C25H27N3O3S/c1-16-7-8-21(31-2)20(13-16)28-15-18(14-23(28)29)25(30)27-11-9-17(10-12-27)24-26-19-5-3-4-6-22(19)32-24/h3-8,13,17-18H,9-12,14-15H2,1-2H3. The topological polar surface area (TPSA) is 62.7 Å². The lowest BCUT2D eigenvalue weighted by atomic mass is 9.96. The summed E-state index contributed by atoms with van der Waals surface area (Å²) in [6.07, 6.45) is 2.09. The summed E-state index contributed by atoms with van der Waals surface area (Å²) >= 11 is 1.76. The summed E-state index contributed by atoms with van der Waals surface area (Å²) in [5.41, 5.74) is 2.87. The van der Waals surface area contributed by atoms with Crippen molar-refractivity contribution in [2.75, 3.05) is 31.6 Å². The van der Waals surface area contributed by atoms with Crippen LogP contribution in [0.1, 0.15) is 35.8 Å². The Morgan fingerprint density at radius 2 is 1.94 bits per heavy atom. The van der Waals surface area contributed by atoms with Gasteiger partial charge in [-0.25, -0.2) is 4.98 Å². The highest BCUT2D eigenvalue weighted by atomic mass is 32.1. The van der Waals surface area contributed by atoms with Gasteiger partial charge in [-0.3, -0.25) is 9.59 Å². The van der Waals surface area contributed by atoms with Gasteiger partial charge in [-0.15, -0.1) is 11.3 Å². The first-order valence-corrected chi connectivity index (χ1v) is 11.9. The van der Waals surface area contributed by atoms with Gasteiger partial charge in [0.05, 0.1) is 33.9 Å². The number of carbonyl (C=O) groups is 2. The van der Waals surface area contributed by atoms with Gasteiger partial charge in [-0.1, -0.05) is 18.2 Å². The van der Waals surface area contributed by atoms with Gasteiger partial charge in [0.25, 0.3) is 0 Å². The van der Waals surface area contributed by atoms with Gasteiger partial charge in [0.1, 0.15) is 5.75 Å². The molecule has 0 aliphatic carbocycles. The number of anilines is 1. The van der Waals surface area contributed by atoms with Crippen LogP contribution in [-0.4, -0.2) is 48.4 Å². The smallest absolute Gasteiger partial charge is 0.228 e. The number of piperidine rings is 1. The molecule has 2 amide bonds. The van der Waals surface area contributed by atoms with Crippen LogP contribution in [-0.2, 0) is 9.59 Å². The van der Waals surface area contributed by atoms with Crippen molar-refractivity contribution in [2.24, 2.45) is 5.92 Å². The van der Waals surface area contributed by atoms with E-state index in [0.717, 1.165) is 42.7 Å². The molecule has 0 spiro atoms. The molecule has 2 aliphatic heterocycles. The number of hydrogen-bond donors (Lipinski definition) is 0. The molecular weight excluding hydrogens is 422 g/mol. The van der Waals surface area contributed by atoms with Crippen molar-refractivity contribution in [1.29, 1.82) is 0 Å². The summed E-state index contributed by atoms with van der Waals surface area (Å²) in [6.45, 7) is 3.84.